The zero-order chi connectivity index (χ0) is 13.0. The highest BCUT2D eigenvalue weighted by molar-refractivity contribution is 5.89. The Hall–Kier alpha value is -2.61. The van der Waals surface area contributed by atoms with Crippen LogP contribution in [-0.4, -0.2) is 15.7 Å². The molecule has 0 aliphatic carbocycles. The van der Waals surface area contributed by atoms with E-state index in [0.29, 0.717) is 17.9 Å². The molecule has 0 fully saturated rings. The predicted octanol–water partition coefficient (Wildman–Crippen LogP) is 1.76. The minimum atomic E-state index is -0.221. The van der Waals surface area contributed by atoms with Gasteiger partial charge in [-0.05, 0) is 5.56 Å². The van der Waals surface area contributed by atoms with Gasteiger partial charge in [-0.15, -0.1) is 0 Å². The van der Waals surface area contributed by atoms with Crippen molar-refractivity contribution in [3.8, 4) is 6.07 Å². The van der Waals surface area contributed by atoms with Crippen molar-refractivity contribution in [2.75, 3.05) is 5.32 Å². The molecule has 0 bridgehead atoms. The van der Waals surface area contributed by atoms with E-state index >= 15 is 0 Å². The van der Waals surface area contributed by atoms with Gasteiger partial charge in [-0.1, -0.05) is 30.3 Å². The lowest BCUT2D eigenvalue weighted by atomic mass is 10.2. The summed E-state index contributed by atoms with van der Waals surface area (Å²) in [6, 6.07) is 11.7. The molecular weight excluding hydrogens is 228 g/mol. The van der Waals surface area contributed by atoms with Crippen molar-refractivity contribution in [1.29, 1.82) is 5.26 Å². The topological polar surface area (TPSA) is 70.7 Å². The summed E-state index contributed by atoms with van der Waals surface area (Å²) in [7, 11) is 0. The minimum Gasteiger partial charge on any atom is -0.310 e. The van der Waals surface area contributed by atoms with E-state index in [1.165, 1.54) is 13.1 Å². The van der Waals surface area contributed by atoms with Crippen LogP contribution in [0, 0.1) is 11.3 Å². The van der Waals surface area contributed by atoms with Crippen molar-refractivity contribution in [2.24, 2.45) is 0 Å². The third-order valence-corrected chi connectivity index (χ3v) is 2.43. The fourth-order valence-corrected chi connectivity index (χ4v) is 1.64. The highest BCUT2D eigenvalue weighted by atomic mass is 16.1. The highest BCUT2D eigenvalue weighted by Gasteiger charge is 2.11. The molecule has 2 aromatic rings. The molecule has 0 aliphatic heterocycles. The van der Waals surface area contributed by atoms with E-state index in [0.717, 1.165) is 5.56 Å². The monoisotopic (exact) mass is 240 g/mol. The first-order chi connectivity index (χ1) is 8.70. The lowest BCUT2D eigenvalue weighted by Gasteiger charge is -2.08. The number of carbonyl (C=O) groups is 1. The Morgan fingerprint density at radius 1 is 1.44 bits per heavy atom. The second kappa shape index (κ2) is 5.15. The molecule has 0 saturated heterocycles. The van der Waals surface area contributed by atoms with E-state index in [2.05, 4.69) is 10.4 Å². The number of hydrogen-bond donors (Lipinski definition) is 1. The first-order valence-corrected chi connectivity index (χ1v) is 5.48. The fourth-order valence-electron chi connectivity index (χ4n) is 1.64. The zero-order valence-electron chi connectivity index (χ0n) is 9.92. The minimum absolute atomic E-state index is 0.221. The van der Waals surface area contributed by atoms with Crippen LogP contribution < -0.4 is 5.32 Å². The Morgan fingerprint density at radius 2 is 2.17 bits per heavy atom. The summed E-state index contributed by atoms with van der Waals surface area (Å²) < 4.78 is 1.61. The van der Waals surface area contributed by atoms with Crippen molar-refractivity contribution in [3.63, 3.8) is 0 Å². The summed E-state index contributed by atoms with van der Waals surface area (Å²) >= 11 is 0. The van der Waals surface area contributed by atoms with E-state index in [-0.39, 0.29) is 5.91 Å². The molecule has 5 heteroatoms. The molecule has 0 atom stereocenters. The Morgan fingerprint density at radius 3 is 2.78 bits per heavy atom. The maximum Gasteiger partial charge on any atom is 0.222 e. The van der Waals surface area contributed by atoms with Crippen LogP contribution in [0.4, 0.5) is 5.82 Å². The predicted molar refractivity (Wildman–Crippen MR) is 66.8 cm³/mol. The maximum atomic E-state index is 11.1. The van der Waals surface area contributed by atoms with Crippen LogP contribution in [0.3, 0.4) is 0 Å². The molecular formula is C13H12N4O. The van der Waals surface area contributed by atoms with Gasteiger partial charge in [-0.3, -0.25) is 4.79 Å². The summed E-state index contributed by atoms with van der Waals surface area (Å²) in [5.74, 6) is 0.218. The van der Waals surface area contributed by atoms with Gasteiger partial charge in [0, 0.05) is 6.92 Å². The molecule has 1 aromatic carbocycles. The third kappa shape index (κ3) is 2.55. The quantitative estimate of drug-likeness (QED) is 0.888. The number of benzene rings is 1. The number of carbonyl (C=O) groups excluding carboxylic acids is 1. The van der Waals surface area contributed by atoms with Crippen LogP contribution in [0.15, 0.2) is 36.5 Å². The van der Waals surface area contributed by atoms with Crippen LogP contribution in [0.5, 0.6) is 0 Å². The normalized spacial score (nSPS) is 9.78. The van der Waals surface area contributed by atoms with E-state index in [1.807, 2.05) is 36.4 Å². The molecule has 1 amide bonds. The molecule has 18 heavy (non-hydrogen) atoms. The van der Waals surface area contributed by atoms with Crippen molar-refractivity contribution in [3.05, 3.63) is 47.7 Å². The Balaban J connectivity index is 2.31. The van der Waals surface area contributed by atoms with Gasteiger partial charge in [-0.25, -0.2) is 4.68 Å². The second-order valence-corrected chi connectivity index (χ2v) is 3.84. The average Bonchev–Trinajstić information content (AvgIpc) is 2.72. The van der Waals surface area contributed by atoms with Crippen molar-refractivity contribution >= 4 is 11.7 Å². The molecule has 1 N–H and O–H groups in total. The summed E-state index contributed by atoms with van der Waals surface area (Å²) in [5.41, 5.74) is 1.41. The molecule has 1 heterocycles. The van der Waals surface area contributed by atoms with Gasteiger partial charge in [-0.2, -0.15) is 10.4 Å². The fraction of sp³-hybridized carbons (Fsp3) is 0.154. The number of amides is 1. The van der Waals surface area contributed by atoms with E-state index in [9.17, 15) is 4.79 Å². The molecule has 0 unspecified atom stereocenters. The number of nitrogens with zero attached hydrogens (tertiary/aromatic N) is 3. The van der Waals surface area contributed by atoms with Gasteiger partial charge in [0.05, 0.1) is 12.7 Å². The van der Waals surface area contributed by atoms with Gasteiger partial charge in [0.25, 0.3) is 0 Å². The largest absolute Gasteiger partial charge is 0.310 e. The van der Waals surface area contributed by atoms with Gasteiger partial charge >= 0.3 is 0 Å². The van der Waals surface area contributed by atoms with Gasteiger partial charge < -0.3 is 5.32 Å². The van der Waals surface area contributed by atoms with Crippen molar-refractivity contribution in [2.45, 2.75) is 13.5 Å². The first kappa shape index (κ1) is 11.9. The maximum absolute atomic E-state index is 11.1. The van der Waals surface area contributed by atoms with Crippen LogP contribution in [0.1, 0.15) is 18.1 Å². The molecule has 0 aliphatic rings. The lowest BCUT2D eigenvalue weighted by molar-refractivity contribution is -0.114. The van der Waals surface area contributed by atoms with Gasteiger partial charge in [0.15, 0.2) is 0 Å². The Bertz CT molecular complexity index is 595. The summed E-state index contributed by atoms with van der Waals surface area (Å²) in [6.45, 7) is 1.92. The lowest BCUT2D eigenvalue weighted by Crippen LogP contribution is -2.13. The van der Waals surface area contributed by atoms with Crippen LogP contribution in [-0.2, 0) is 11.3 Å². The first-order valence-electron chi connectivity index (χ1n) is 5.48. The van der Waals surface area contributed by atoms with Gasteiger partial charge in [0.1, 0.15) is 17.5 Å². The standard InChI is InChI=1S/C13H12N4O/c1-10(18)16-13-12(7-14)8-15-17(13)9-11-5-3-2-4-6-11/h2-6,8H,9H2,1H3,(H,16,18). The summed E-state index contributed by atoms with van der Waals surface area (Å²) in [4.78, 5) is 11.1. The highest BCUT2D eigenvalue weighted by Crippen LogP contribution is 2.15. The van der Waals surface area contributed by atoms with Crippen molar-refractivity contribution in [1.82, 2.24) is 9.78 Å². The van der Waals surface area contributed by atoms with Gasteiger partial charge in [0.2, 0.25) is 5.91 Å². The van der Waals surface area contributed by atoms with E-state index < -0.39 is 0 Å². The van der Waals surface area contributed by atoms with Crippen LogP contribution in [0.2, 0.25) is 0 Å². The van der Waals surface area contributed by atoms with Crippen molar-refractivity contribution < 1.29 is 4.79 Å². The molecule has 0 saturated carbocycles. The molecule has 0 spiro atoms. The van der Waals surface area contributed by atoms with E-state index in [1.54, 1.807) is 4.68 Å². The smallest absolute Gasteiger partial charge is 0.222 e. The average molecular weight is 240 g/mol. The molecule has 0 radical (unpaired) electrons. The number of hydrogen-bond acceptors (Lipinski definition) is 3. The SMILES string of the molecule is CC(=O)Nc1c(C#N)cnn1Cc1ccccc1. The second-order valence-electron chi connectivity index (χ2n) is 3.84. The Kier molecular flexibility index (Phi) is 3.39. The third-order valence-electron chi connectivity index (χ3n) is 2.43. The number of nitriles is 1. The van der Waals surface area contributed by atoms with E-state index in [4.69, 9.17) is 5.26 Å². The van der Waals surface area contributed by atoms with Crippen LogP contribution >= 0.6 is 0 Å². The number of rotatable bonds is 3. The summed E-state index contributed by atoms with van der Waals surface area (Å²) in [6.07, 6.45) is 1.45. The molecule has 2 rings (SSSR count). The number of nitrogens with one attached hydrogen (secondary N) is 1. The Labute approximate surface area is 105 Å². The molecule has 5 nitrogen and oxygen atoms in total. The molecule has 1 aromatic heterocycles. The molecule has 90 valence electrons. The number of anilines is 1. The van der Waals surface area contributed by atoms with Crippen LogP contribution in [0.25, 0.3) is 0 Å². The summed E-state index contributed by atoms with van der Waals surface area (Å²) in [5, 5.41) is 15.7. The number of aromatic nitrogens is 2. The zero-order valence-corrected chi connectivity index (χ0v) is 9.92.